The van der Waals surface area contributed by atoms with E-state index in [0.717, 1.165) is 30.2 Å². The first kappa shape index (κ1) is 16.7. The van der Waals surface area contributed by atoms with Crippen molar-refractivity contribution in [3.05, 3.63) is 27.5 Å². The summed E-state index contributed by atoms with van der Waals surface area (Å²) in [5.74, 6) is -0.179. The molecule has 2 heterocycles. The molecule has 0 spiro atoms. The standard InChI is InChI=1S/C15H20BrClN2O2/c1-3-15(4-2)8-11(5-6-21-15)19-14(20)12-7-10(16)9-18-13(12)17/h7,9,11H,3-6,8H2,1-2H3,(H,19,20). The number of nitrogens with one attached hydrogen (secondary N) is 1. The van der Waals surface area contributed by atoms with Crippen LogP contribution in [0.5, 0.6) is 0 Å². The summed E-state index contributed by atoms with van der Waals surface area (Å²) in [6.45, 7) is 4.93. The maximum absolute atomic E-state index is 12.4. The van der Waals surface area contributed by atoms with E-state index in [1.807, 2.05) is 0 Å². The zero-order chi connectivity index (χ0) is 15.5. The normalized spacial score (nSPS) is 21.0. The monoisotopic (exact) mass is 374 g/mol. The highest BCUT2D eigenvalue weighted by atomic mass is 79.9. The summed E-state index contributed by atoms with van der Waals surface area (Å²) in [6.07, 6.45) is 5.15. The van der Waals surface area contributed by atoms with Gasteiger partial charge in [-0.2, -0.15) is 0 Å². The molecule has 6 heteroatoms. The van der Waals surface area contributed by atoms with Gasteiger partial charge in [0.2, 0.25) is 0 Å². The van der Waals surface area contributed by atoms with Crippen molar-refractivity contribution in [2.24, 2.45) is 0 Å². The highest BCUT2D eigenvalue weighted by Gasteiger charge is 2.35. The summed E-state index contributed by atoms with van der Waals surface area (Å²) < 4.78 is 6.66. The summed E-state index contributed by atoms with van der Waals surface area (Å²) >= 11 is 9.31. The minimum atomic E-state index is -0.179. The molecule has 1 aliphatic rings. The number of carbonyl (C=O) groups excluding carboxylic acids is 1. The van der Waals surface area contributed by atoms with E-state index in [1.165, 1.54) is 0 Å². The number of carbonyl (C=O) groups is 1. The number of nitrogens with zero attached hydrogens (tertiary/aromatic N) is 1. The molecule has 0 radical (unpaired) electrons. The van der Waals surface area contributed by atoms with E-state index in [1.54, 1.807) is 12.3 Å². The van der Waals surface area contributed by atoms with Gasteiger partial charge < -0.3 is 10.1 Å². The summed E-state index contributed by atoms with van der Waals surface area (Å²) in [5, 5.41) is 3.28. The van der Waals surface area contributed by atoms with Crippen LogP contribution in [-0.2, 0) is 4.74 Å². The highest BCUT2D eigenvalue weighted by Crippen LogP contribution is 2.31. The van der Waals surface area contributed by atoms with Crippen molar-refractivity contribution in [1.29, 1.82) is 0 Å². The molecule has 1 amide bonds. The highest BCUT2D eigenvalue weighted by molar-refractivity contribution is 9.10. The van der Waals surface area contributed by atoms with Gasteiger partial charge in [0.1, 0.15) is 5.15 Å². The zero-order valence-corrected chi connectivity index (χ0v) is 14.6. The van der Waals surface area contributed by atoms with Crippen molar-refractivity contribution in [3.8, 4) is 0 Å². The quantitative estimate of drug-likeness (QED) is 0.810. The smallest absolute Gasteiger partial charge is 0.254 e. The Bertz CT molecular complexity index is 520. The summed E-state index contributed by atoms with van der Waals surface area (Å²) in [5.41, 5.74) is 0.284. The lowest BCUT2D eigenvalue weighted by molar-refractivity contribution is -0.0917. The number of hydrogen-bond acceptors (Lipinski definition) is 3. The Kier molecular flexibility index (Phi) is 5.63. The zero-order valence-electron chi connectivity index (χ0n) is 12.3. The molecule has 21 heavy (non-hydrogen) atoms. The predicted octanol–water partition coefficient (Wildman–Crippen LogP) is 3.97. The van der Waals surface area contributed by atoms with E-state index in [4.69, 9.17) is 16.3 Å². The predicted molar refractivity (Wildman–Crippen MR) is 86.7 cm³/mol. The molecule has 0 saturated carbocycles. The van der Waals surface area contributed by atoms with Gasteiger partial charge >= 0.3 is 0 Å². The Morgan fingerprint density at radius 1 is 1.57 bits per heavy atom. The Labute approximate surface area is 138 Å². The molecular weight excluding hydrogens is 356 g/mol. The maximum atomic E-state index is 12.4. The fraction of sp³-hybridized carbons (Fsp3) is 0.600. The van der Waals surface area contributed by atoms with Crippen LogP contribution in [-0.4, -0.2) is 29.1 Å². The fourth-order valence-corrected chi connectivity index (χ4v) is 3.26. The summed E-state index contributed by atoms with van der Waals surface area (Å²) in [7, 11) is 0. The van der Waals surface area contributed by atoms with Crippen molar-refractivity contribution < 1.29 is 9.53 Å². The van der Waals surface area contributed by atoms with E-state index in [9.17, 15) is 4.79 Å². The molecule has 1 aliphatic heterocycles. The Morgan fingerprint density at radius 3 is 2.95 bits per heavy atom. The van der Waals surface area contributed by atoms with Gasteiger partial charge in [-0.05, 0) is 47.7 Å². The third-order valence-electron chi connectivity index (χ3n) is 4.17. The third kappa shape index (κ3) is 3.96. The van der Waals surface area contributed by atoms with Crippen LogP contribution in [0, 0.1) is 0 Å². The maximum Gasteiger partial charge on any atom is 0.254 e. The van der Waals surface area contributed by atoms with E-state index in [2.05, 4.69) is 40.1 Å². The molecule has 0 aromatic carbocycles. The molecule has 0 aliphatic carbocycles. The van der Waals surface area contributed by atoms with Gasteiger partial charge in [0.15, 0.2) is 0 Å². The average molecular weight is 376 g/mol. The second-order valence-corrected chi connectivity index (χ2v) is 6.67. The molecule has 1 atom stereocenters. The third-order valence-corrected chi connectivity index (χ3v) is 4.90. The van der Waals surface area contributed by atoms with E-state index >= 15 is 0 Å². The first-order chi connectivity index (χ1) is 9.99. The fourth-order valence-electron chi connectivity index (χ4n) is 2.74. The SMILES string of the molecule is CCC1(CC)CC(NC(=O)c2cc(Br)cnc2Cl)CCO1. The van der Waals surface area contributed by atoms with E-state index in [-0.39, 0.29) is 22.7 Å². The molecule has 116 valence electrons. The molecule has 1 fully saturated rings. The lowest BCUT2D eigenvalue weighted by Crippen LogP contribution is -2.48. The van der Waals surface area contributed by atoms with E-state index in [0.29, 0.717) is 12.2 Å². The Morgan fingerprint density at radius 2 is 2.29 bits per heavy atom. The van der Waals surface area contributed by atoms with Gasteiger partial charge in [0, 0.05) is 23.3 Å². The topological polar surface area (TPSA) is 51.2 Å². The van der Waals surface area contributed by atoms with Crippen LogP contribution in [0.4, 0.5) is 0 Å². The van der Waals surface area contributed by atoms with Crippen LogP contribution < -0.4 is 5.32 Å². The number of aromatic nitrogens is 1. The van der Waals surface area contributed by atoms with Crippen LogP contribution in [0.15, 0.2) is 16.7 Å². The number of rotatable bonds is 4. The molecule has 4 nitrogen and oxygen atoms in total. The second kappa shape index (κ2) is 7.07. The number of ether oxygens (including phenoxy) is 1. The number of amides is 1. The van der Waals surface area contributed by atoms with Crippen molar-refractivity contribution in [2.75, 3.05) is 6.61 Å². The van der Waals surface area contributed by atoms with Crippen molar-refractivity contribution in [3.63, 3.8) is 0 Å². The summed E-state index contributed by atoms with van der Waals surface area (Å²) in [6, 6.07) is 1.80. The second-order valence-electron chi connectivity index (χ2n) is 5.39. The molecule has 0 bridgehead atoms. The largest absolute Gasteiger partial charge is 0.375 e. The number of halogens is 2. The van der Waals surface area contributed by atoms with Gasteiger partial charge in [-0.25, -0.2) is 4.98 Å². The lowest BCUT2D eigenvalue weighted by atomic mass is 9.86. The van der Waals surface area contributed by atoms with E-state index < -0.39 is 0 Å². The van der Waals surface area contributed by atoms with Crippen LogP contribution in [0.3, 0.4) is 0 Å². The molecule has 1 N–H and O–H groups in total. The summed E-state index contributed by atoms with van der Waals surface area (Å²) in [4.78, 5) is 16.4. The average Bonchev–Trinajstić information content (AvgIpc) is 2.49. The van der Waals surface area contributed by atoms with Gasteiger partial charge in [-0.1, -0.05) is 25.4 Å². The first-order valence-electron chi connectivity index (χ1n) is 7.25. The van der Waals surface area contributed by atoms with Crippen molar-refractivity contribution >= 4 is 33.4 Å². The minimum absolute atomic E-state index is 0.112. The minimum Gasteiger partial charge on any atom is -0.375 e. The van der Waals surface area contributed by atoms with Gasteiger partial charge in [-0.3, -0.25) is 4.79 Å². The van der Waals surface area contributed by atoms with Crippen LogP contribution in [0.1, 0.15) is 49.9 Å². The Balaban J connectivity index is 2.07. The van der Waals surface area contributed by atoms with Gasteiger partial charge in [-0.15, -0.1) is 0 Å². The van der Waals surface area contributed by atoms with Gasteiger partial charge in [0.05, 0.1) is 11.2 Å². The lowest BCUT2D eigenvalue weighted by Gasteiger charge is -2.40. The molecule has 1 aromatic rings. The van der Waals surface area contributed by atoms with Gasteiger partial charge in [0.25, 0.3) is 5.91 Å². The first-order valence-corrected chi connectivity index (χ1v) is 8.42. The Hall–Kier alpha value is -0.650. The van der Waals surface area contributed by atoms with Crippen LogP contribution >= 0.6 is 27.5 Å². The molecular formula is C15H20BrClN2O2. The van der Waals surface area contributed by atoms with Crippen molar-refractivity contribution in [2.45, 2.75) is 51.2 Å². The number of hydrogen-bond donors (Lipinski definition) is 1. The molecule has 1 aromatic heterocycles. The van der Waals surface area contributed by atoms with Crippen molar-refractivity contribution in [1.82, 2.24) is 10.3 Å². The number of pyridine rings is 1. The molecule has 1 saturated heterocycles. The van der Waals surface area contributed by atoms with Crippen LogP contribution in [0.2, 0.25) is 5.15 Å². The molecule has 2 rings (SSSR count). The van der Waals surface area contributed by atoms with Crippen LogP contribution in [0.25, 0.3) is 0 Å². The molecule has 1 unspecified atom stereocenters.